The number of aliphatic hydroxyl groups excluding tert-OH is 1. The molecule has 1 saturated heterocycles. The number of carbonyl (C=O) groups is 1. The van der Waals surface area contributed by atoms with Gasteiger partial charge in [-0.2, -0.15) is 13.2 Å². The summed E-state index contributed by atoms with van der Waals surface area (Å²) in [6, 6.07) is 4.84. The van der Waals surface area contributed by atoms with Crippen LogP contribution in [0.5, 0.6) is 5.75 Å². The van der Waals surface area contributed by atoms with Crippen molar-refractivity contribution in [3.63, 3.8) is 0 Å². The lowest BCUT2D eigenvalue weighted by atomic mass is 10.2. The third-order valence-corrected chi connectivity index (χ3v) is 3.79. The van der Waals surface area contributed by atoms with Gasteiger partial charge in [-0.1, -0.05) is 12.1 Å². The van der Waals surface area contributed by atoms with E-state index in [0.29, 0.717) is 32.7 Å². The van der Waals surface area contributed by atoms with Crippen molar-refractivity contribution in [3.05, 3.63) is 29.8 Å². The Morgan fingerprint density at radius 2 is 1.88 bits per heavy atom. The normalized spacial score (nSPS) is 17.6. The fourth-order valence-electron chi connectivity index (χ4n) is 2.61. The van der Waals surface area contributed by atoms with Crippen molar-refractivity contribution in [2.45, 2.75) is 19.2 Å². The van der Waals surface area contributed by atoms with E-state index in [9.17, 15) is 23.1 Å². The predicted octanol–water partition coefficient (Wildman–Crippen LogP) is 1.61. The van der Waals surface area contributed by atoms with Gasteiger partial charge in [-0.3, -0.25) is 9.69 Å². The first-order chi connectivity index (χ1) is 11.3. The highest BCUT2D eigenvalue weighted by atomic mass is 19.4. The van der Waals surface area contributed by atoms with Crippen molar-refractivity contribution < 1.29 is 27.8 Å². The Bertz CT molecular complexity index is 556. The molecule has 0 radical (unpaired) electrons. The number of ether oxygens (including phenoxy) is 1. The summed E-state index contributed by atoms with van der Waals surface area (Å²) in [5.74, 6) is -0.685. The highest BCUT2D eigenvalue weighted by Crippen LogP contribution is 2.35. The molecule has 1 fully saturated rings. The van der Waals surface area contributed by atoms with Crippen LogP contribution in [0.1, 0.15) is 12.5 Å². The molecule has 1 aromatic carbocycles. The summed E-state index contributed by atoms with van der Waals surface area (Å²) in [4.78, 5) is 15.7. The topological polar surface area (TPSA) is 53.0 Å². The lowest BCUT2D eigenvalue weighted by Gasteiger charge is -2.35. The molecule has 1 aliphatic heterocycles. The highest BCUT2D eigenvalue weighted by Gasteiger charge is 2.34. The van der Waals surface area contributed by atoms with Gasteiger partial charge in [0.2, 0.25) is 0 Å². The maximum atomic E-state index is 12.9. The Morgan fingerprint density at radius 1 is 1.25 bits per heavy atom. The average Bonchev–Trinajstić information content (AvgIpc) is 2.52. The quantitative estimate of drug-likeness (QED) is 0.880. The molecular formula is C16H21F3N2O3. The van der Waals surface area contributed by atoms with E-state index in [1.807, 2.05) is 4.90 Å². The molecular weight excluding hydrogens is 325 g/mol. The molecule has 0 aromatic heterocycles. The minimum atomic E-state index is -4.52. The lowest BCUT2D eigenvalue weighted by molar-refractivity contribution is -0.141. The van der Waals surface area contributed by atoms with Gasteiger partial charge < -0.3 is 14.7 Å². The van der Waals surface area contributed by atoms with E-state index < -0.39 is 24.5 Å². The summed E-state index contributed by atoms with van der Waals surface area (Å²) in [7, 11) is 0. The van der Waals surface area contributed by atoms with E-state index in [4.69, 9.17) is 4.74 Å². The zero-order chi connectivity index (χ0) is 17.7. The van der Waals surface area contributed by atoms with Crippen LogP contribution in [0.4, 0.5) is 13.2 Å². The SMILES string of the molecule is C[C@@H](O)CN1CCN(C(=O)COc2ccccc2C(F)(F)F)CC1. The number of aliphatic hydroxyl groups is 1. The minimum Gasteiger partial charge on any atom is -0.483 e. The van der Waals surface area contributed by atoms with E-state index >= 15 is 0 Å². The van der Waals surface area contributed by atoms with E-state index in [1.54, 1.807) is 11.8 Å². The van der Waals surface area contributed by atoms with Crippen molar-refractivity contribution in [3.8, 4) is 5.75 Å². The molecule has 1 amide bonds. The zero-order valence-corrected chi connectivity index (χ0v) is 13.4. The van der Waals surface area contributed by atoms with Crippen molar-refractivity contribution in [1.29, 1.82) is 0 Å². The van der Waals surface area contributed by atoms with Gasteiger partial charge in [0.1, 0.15) is 5.75 Å². The maximum absolute atomic E-state index is 12.9. The minimum absolute atomic E-state index is 0.342. The number of halogens is 3. The third kappa shape index (κ3) is 5.10. The van der Waals surface area contributed by atoms with E-state index in [0.717, 1.165) is 6.07 Å². The number of β-amino-alcohol motifs (C(OH)–C–C–N with tert-alkyl or cyclic N) is 1. The number of para-hydroxylation sites is 1. The van der Waals surface area contributed by atoms with Crippen molar-refractivity contribution in [1.82, 2.24) is 9.80 Å². The van der Waals surface area contributed by atoms with Gasteiger partial charge in [-0.15, -0.1) is 0 Å². The van der Waals surface area contributed by atoms with Gasteiger partial charge in [-0.05, 0) is 19.1 Å². The summed E-state index contributed by atoms with van der Waals surface area (Å²) >= 11 is 0. The van der Waals surface area contributed by atoms with E-state index in [-0.39, 0.29) is 11.7 Å². The number of hydrogen-bond acceptors (Lipinski definition) is 4. The van der Waals surface area contributed by atoms with Crippen molar-refractivity contribution >= 4 is 5.91 Å². The van der Waals surface area contributed by atoms with Crippen LogP contribution in [-0.4, -0.2) is 66.2 Å². The number of hydrogen-bond donors (Lipinski definition) is 1. The summed E-state index contributed by atoms with van der Waals surface area (Å²) in [5, 5.41) is 9.35. The first kappa shape index (κ1) is 18.5. The van der Waals surface area contributed by atoms with Crippen LogP contribution < -0.4 is 4.74 Å². The van der Waals surface area contributed by atoms with Crippen molar-refractivity contribution in [2.75, 3.05) is 39.3 Å². The van der Waals surface area contributed by atoms with Gasteiger partial charge in [0.25, 0.3) is 5.91 Å². The number of amides is 1. The molecule has 0 spiro atoms. The number of piperazine rings is 1. The molecule has 1 aliphatic rings. The molecule has 134 valence electrons. The van der Waals surface area contributed by atoms with E-state index in [2.05, 4.69) is 0 Å². The first-order valence-corrected chi connectivity index (χ1v) is 7.74. The van der Waals surface area contributed by atoms with Crippen LogP contribution in [0.15, 0.2) is 24.3 Å². The standard InChI is InChI=1S/C16H21F3N2O3/c1-12(22)10-20-6-8-21(9-7-20)15(23)11-24-14-5-3-2-4-13(14)16(17,18)19/h2-5,12,22H,6-11H2,1H3/t12-/m1/s1. The molecule has 5 nitrogen and oxygen atoms in total. The Balaban J connectivity index is 1.87. The number of carbonyl (C=O) groups excluding carboxylic acids is 1. The molecule has 1 N–H and O–H groups in total. The second kappa shape index (κ2) is 7.85. The molecule has 0 saturated carbocycles. The van der Waals surface area contributed by atoms with Gasteiger partial charge in [-0.25, -0.2) is 0 Å². The maximum Gasteiger partial charge on any atom is 0.419 e. The molecule has 1 heterocycles. The van der Waals surface area contributed by atoms with Crippen LogP contribution in [0.3, 0.4) is 0 Å². The Kier molecular flexibility index (Phi) is 6.06. The second-order valence-electron chi connectivity index (χ2n) is 5.81. The average molecular weight is 346 g/mol. The summed E-state index contributed by atoms with van der Waals surface area (Å²) < 4.78 is 43.7. The smallest absolute Gasteiger partial charge is 0.419 e. The fourth-order valence-corrected chi connectivity index (χ4v) is 2.61. The third-order valence-electron chi connectivity index (χ3n) is 3.79. The molecule has 0 bridgehead atoms. The highest BCUT2D eigenvalue weighted by molar-refractivity contribution is 5.78. The Morgan fingerprint density at radius 3 is 2.46 bits per heavy atom. The van der Waals surface area contributed by atoms with Crippen LogP contribution in [-0.2, 0) is 11.0 Å². The van der Waals surface area contributed by atoms with Gasteiger partial charge in [0, 0.05) is 32.7 Å². The largest absolute Gasteiger partial charge is 0.483 e. The predicted molar refractivity (Wildman–Crippen MR) is 81.6 cm³/mol. The first-order valence-electron chi connectivity index (χ1n) is 7.74. The number of rotatable bonds is 5. The van der Waals surface area contributed by atoms with Crippen LogP contribution >= 0.6 is 0 Å². The molecule has 0 aliphatic carbocycles. The van der Waals surface area contributed by atoms with Gasteiger partial charge >= 0.3 is 6.18 Å². The van der Waals surface area contributed by atoms with E-state index in [1.165, 1.54) is 18.2 Å². The number of alkyl halides is 3. The number of benzene rings is 1. The molecule has 8 heteroatoms. The van der Waals surface area contributed by atoms with Crippen LogP contribution in [0.2, 0.25) is 0 Å². The Labute approximate surface area is 138 Å². The summed E-state index contributed by atoms with van der Waals surface area (Å²) in [6.45, 7) is 3.99. The van der Waals surface area contributed by atoms with Crippen molar-refractivity contribution in [2.24, 2.45) is 0 Å². The Hall–Kier alpha value is -1.80. The molecule has 0 unspecified atom stereocenters. The van der Waals surface area contributed by atoms with Gasteiger partial charge in [0.15, 0.2) is 6.61 Å². The van der Waals surface area contributed by atoms with Crippen LogP contribution in [0, 0.1) is 0 Å². The van der Waals surface area contributed by atoms with Crippen LogP contribution in [0.25, 0.3) is 0 Å². The monoisotopic (exact) mass is 346 g/mol. The zero-order valence-electron chi connectivity index (χ0n) is 13.4. The molecule has 2 rings (SSSR count). The molecule has 1 aromatic rings. The number of nitrogens with zero attached hydrogens (tertiary/aromatic N) is 2. The second-order valence-corrected chi connectivity index (χ2v) is 5.81. The summed E-state index contributed by atoms with van der Waals surface area (Å²) in [5.41, 5.74) is -0.889. The lowest BCUT2D eigenvalue weighted by Crippen LogP contribution is -2.51. The fraction of sp³-hybridized carbons (Fsp3) is 0.562. The summed E-state index contributed by atoms with van der Waals surface area (Å²) in [6.07, 6.45) is -4.96. The van der Waals surface area contributed by atoms with Gasteiger partial charge in [0.05, 0.1) is 11.7 Å². The molecule has 1 atom stereocenters. The molecule has 24 heavy (non-hydrogen) atoms.